The Labute approximate surface area is 109 Å². The first-order chi connectivity index (χ1) is 8.78. The molecule has 4 nitrogen and oxygen atoms in total. The van der Waals surface area contributed by atoms with Gasteiger partial charge in [-0.2, -0.15) is 0 Å². The van der Waals surface area contributed by atoms with Crippen LogP contribution in [-0.4, -0.2) is 49.4 Å². The summed E-state index contributed by atoms with van der Waals surface area (Å²) in [6.07, 6.45) is 2.20. The number of nitrogens with one attached hydrogen (secondary N) is 1. The molecule has 1 heterocycles. The highest BCUT2D eigenvalue weighted by atomic mass is 16.5. The summed E-state index contributed by atoms with van der Waals surface area (Å²) in [6.45, 7) is 3.58. The van der Waals surface area contributed by atoms with Gasteiger partial charge in [-0.3, -0.25) is 0 Å². The number of aliphatic hydroxyl groups is 1. The molecule has 1 fully saturated rings. The second-order valence-corrected chi connectivity index (χ2v) is 4.77. The average Bonchev–Trinajstić information content (AvgIpc) is 2.89. The smallest absolute Gasteiger partial charge is 0.120 e. The Morgan fingerprint density at radius 1 is 1.39 bits per heavy atom. The van der Waals surface area contributed by atoms with E-state index in [1.165, 1.54) is 12.8 Å². The summed E-state index contributed by atoms with van der Waals surface area (Å²) in [5.74, 6) is 0.828. The molecule has 100 valence electrons. The largest absolute Gasteiger partial charge is 0.497 e. The van der Waals surface area contributed by atoms with Crippen LogP contribution >= 0.6 is 0 Å². The first kappa shape index (κ1) is 13.2. The lowest BCUT2D eigenvalue weighted by atomic mass is 10.2. The van der Waals surface area contributed by atoms with E-state index in [-0.39, 0.29) is 6.10 Å². The van der Waals surface area contributed by atoms with Gasteiger partial charge in [0.25, 0.3) is 0 Å². The van der Waals surface area contributed by atoms with Crippen molar-refractivity contribution in [2.75, 3.05) is 38.6 Å². The third kappa shape index (κ3) is 3.89. The first-order valence-electron chi connectivity index (χ1n) is 6.56. The molecule has 0 radical (unpaired) electrons. The monoisotopic (exact) mass is 250 g/mol. The number of benzene rings is 1. The highest BCUT2D eigenvalue weighted by molar-refractivity contribution is 5.48. The molecule has 0 aromatic heterocycles. The number of likely N-dealkylation sites (tertiary alicyclic amines) is 1. The van der Waals surface area contributed by atoms with Gasteiger partial charge in [0.1, 0.15) is 5.75 Å². The van der Waals surface area contributed by atoms with Crippen LogP contribution in [0.25, 0.3) is 0 Å². The van der Waals surface area contributed by atoms with Crippen LogP contribution in [0.5, 0.6) is 5.75 Å². The predicted octanol–water partition coefficient (Wildman–Crippen LogP) is 1.56. The summed E-state index contributed by atoms with van der Waals surface area (Å²) < 4.78 is 5.16. The van der Waals surface area contributed by atoms with Crippen LogP contribution in [-0.2, 0) is 0 Å². The van der Waals surface area contributed by atoms with Crippen molar-refractivity contribution in [3.8, 4) is 5.75 Å². The summed E-state index contributed by atoms with van der Waals surface area (Å²) in [6, 6.07) is 7.76. The van der Waals surface area contributed by atoms with Crippen molar-refractivity contribution < 1.29 is 9.84 Å². The van der Waals surface area contributed by atoms with E-state index in [0.717, 1.165) is 31.1 Å². The quantitative estimate of drug-likeness (QED) is 0.804. The van der Waals surface area contributed by atoms with Gasteiger partial charge in [0.05, 0.1) is 13.2 Å². The second-order valence-electron chi connectivity index (χ2n) is 4.77. The molecule has 1 aromatic rings. The van der Waals surface area contributed by atoms with Crippen LogP contribution in [0.1, 0.15) is 12.8 Å². The van der Waals surface area contributed by atoms with Crippen molar-refractivity contribution in [3.63, 3.8) is 0 Å². The van der Waals surface area contributed by atoms with E-state index in [9.17, 15) is 5.11 Å². The minimum absolute atomic E-state index is 0.325. The molecule has 0 bridgehead atoms. The molecule has 0 amide bonds. The SMILES string of the molecule is COc1cccc(NCC(O)CN2CCCC2)c1. The summed E-state index contributed by atoms with van der Waals surface area (Å²) in [5.41, 5.74) is 0.981. The molecular formula is C14H22N2O2. The van der Waals surface area contributed by atoms with Gasteiger partial charge in [0.2, 0.25) is 0 Å². The number of ether oxygens (including phenoxy) is 1. The van der Waals surface area contributed by atoms with Crippen molar-refractivity contribution in [2.45, 2.75) is 18.9 Å². The third-order valence-electron chi connectivity index (χ3n) is 3.28. The summed E-state index contributed by atoms with van der Waals surface area (Å²) in [7, 11) is 1.65. The average molecular weight is 250 g/mol. The number of β-amino-alcohol motifs (C(OH)–C–C–N with tert-alkyl or cyclic N) is 1. The highest BCUT2D eigenvalue weighted by Gasteiger charge is 2.15. The molecule has 1 aromatic carbocycles. The zero-order chi connectivity index (χ0) is 12.8. The first-order valence-corrected chi connectivity index (χ1v) is 6.56. The van der Waals surface area contributed by atoms with Gasteiger partial charge in [0, 0.05) is 24.8 Å². The number of hydrogen-bond donors (Lipinski definition) is 2. The van der Waals surface area contributed by atoms with E-state index in [4.69, 9.17) is 4.74 Å². The second kappa shape index (κ2) is 6.61. The van der Waals surface area contributed by atoms with Crippen LogP contribution < -0.4 is 10.1 Å². The lowest BCUT2D eigenvalue weighted by molar-refractivity contribution is 0.135. The highest BCUT2D eigenvalue weighted by Crippen LogP contribution is 2.16. The normalized spacial score (nSPS) is 17.7. The maximum Gasteiger partial charge on any atom is 0.120 e. The van der Waals surface area contributed by atoms with Gasteiger partial charge in [0.15, 0.2) is 0 Å². The van der Waals surface area contributed by atoms with Crippen molar-refractivity contribution >= 4 is 5.69 Å². The Balaban J connectivity index is 1.75. The molecule has 1 aliphatic rings. The Morgan fingerprint density at radius 2 is 2.17 bits per heavy atom. The molecule has 4 heteroatoms. The van der Waals surface area contributed by atoms with Gasteiger partial charge in [-0.25, -0.2) is 0 Å². The summed E-state index contributed by atoms with van der Waals surface area (Å²) in [5, 5.41) is 13.2. The van der Waals surface area contributed by atoms with Crippen LogP contribution in [0.4, 0.5) is 5.69 Å². The van der Waals surface area contributed by atoms with E-state index in [0.29, 0.717) is 6.54 Å². The Hall–Kier alpha value is -1.26. The molecule has 0 saturated carbocycles. The molecule has 1 atom stereocenters. The van der Waals surface area contributed by atoms with E-state index in [1.54, 1.807) is 7.11 Å². The zero-order valence-electron chi connectivity index (χ0n) is 10.9. The van der Waals surface area contributed by atoms with Crippen LogP contribution in [0.15, 0.2) is 24.3 Å². The lowest BCUT2D eigenvalue weighted by Gasteiger charge is -2.20. The fourth-order valence-corrected chi connectivity index (χ4v) is 2.30. The molecule has 2 N–H and O–H groups in total. The number of anilines is 1. The van der Waals surface area contributed by atoms with E-state index in [2.05, 4.69) is 10.2 Å². The van der Waals surface area contributed by atoms with Crippen LogP contribution in [0.3, 0.4) is 0 Å². The Kier molecular flexibility index (Phi) is 4.84. The summed E-state index contributed by atoms with van der Waals surface area (Å²) >= 11 is 0. The number of methoxy groups -OCH3 is 1. The molecule has 2 rings (SSSR count). The van der Waals surface area contributed by atoms with Gasteiger partial charge in [-0.15, -0.1) is 0 Å². The molecular weight excluding hydrogens is 228 g/mol. The van der Waals surface area contributed by atoms with Gasteiger partial charge >= 0.3 is 0 Å². The van der Waals surface area contributed by atoms with Crippen molar-refractivity contribution in [2.24, 2.45) is 0 Å². The van der Waals surface area contributed by atoms with Crippen LogP contribution in [0.2, 0.25) is 0 Å². The minimum Gasteiger partial charge on any atom is -0.497 e. The molecule has 1 saturated heterocycles. The number of hydrogen-bond acceptors (Lipinski definition) is 4. The molecule has 18 heavy (non-hydrogen) atoms. The van der Waals surface area contributed by atoms with Crippen LogP contribution in [0, 0.1) is 0 Å². The number of rotatable bonds is 6. The van der Waals surface area contributed by atoms with Crippen molar-refractivity contribution in [3.05, 3.63) is 24.3 Å². The third-order valence-corrected chi connectivity index (χ3v) is 3.28. The molecule has 0 aliphatic carbocycles. The van der Waals surface area contributed by atoms with Crippen molar-refractivity contribution in [1.29, 1.82) is 0 Å². The van der Waals surface area contributed by atoms with E-state index >= 15 is 0 Å². The summed E-state index contributed by atoms with van der Waals surface area (Å²) in [4.78, 5) is 2.32. The predicted molar refractivity (Wildman–Crippen MR) is 73.2 cm³/mol. The van der Waals surface area contributed by atoms with Gasteiger partial charge in [-0.05, 0) is 38.1 Å². The topological polar surface area (TPSA) is 44.7 Å². The lowest BCUT2D eigenvalue weighted by Crippen LogP contribution is -2.34. The standard InChI is InChI=1S/C14H22N2O2/c1-18-14-6-4-5-12(9-14)15-10-13(17)11-16-7-2-3-8-16/h4-6,9,13,15,17H,2-3,7-8,10-11H2,1H3. The van der Waals surface area contributed by atoms with E-state index in [1.807, 2.05) is 24.3 Å². The maximum absolute atomic E-state index is 9.96. The fourth-order valence-electron chi connectivity index (χ4n) is 2.30. The molecule has 1 aliphatic heterocycles. The van der Waals surface area contributed by atoms with Crippen molar-refractivity contribution in [1.82, 2.24) is 4.90 Å². The zero-order valence-corrected chi connectivity index (χ0v) is 10.9. The number of aliphatic hydroxyl groups excluding tert-OH is 1. The van der Waals surface area contributed by atoms with E-state index < -0.39 is 0 Å². The fraction of sp³-hybridized carbons (Fsp3) is 0.571. The minimum atomic E-state index is -0.325. The number of nitrogens with zero attached hydrogens (tertiary/aromatic N) is 1. The van der Waals surface area contributed by atoms with Gasteiger partial charge < -0.3 is 20.1 Å². The Morgan fingerprint density at radius 3 is 2.89 bits per heavy atom. The molecule has 1 unspecified atom stereocenters. The Bertz CT molecular complexity index is 365. The maximum atomic E-state index is 9.96. The van der Waals surface area contributed by atoms with Gasteiger partial charge in [-0.1, -0.05) is 6.07 Å². The molecule has 0 spiro atoms.